The number of hydrogen-bond donors (Lipinski definition) is 1. The monoisotopic (exact) mass is 261 g/mol. The molecule has 1 saturated heterocycles. The number of carbonyl (C=O) groups is 1. The van der Waals surface area contributed by atoms with Crippen LogP contribution in [0.15, 0.2) is 24.3 Å². The van der Waals surface area contributed by atoms with Crippen LogP contribution in [-0.4, -0.2) is 34.6 Å². The normalized spacial score (nSPS) is 22.8. The molecule has 1 aliphatic heterocycles. The zero-order valence-corrected chi connectivity index (χ0v) is 11.9. The predicted octanol–water partition coefficient (Wildman–Crippen LogP) is 2.63. The van der Waals surface area contributed by atoms with Crippen molar-refractivity contribution in [2.75, 3.05) is 13.1 Å². The van der Waals surface area contributed by atoms with Crippen molar-refractivity contribution in [3.63, 3.8) is 0 Å². The van der Waals surface area contributed by atoms with Gasteiger partial charge in [0.15, 0.2) is 0 Å². The van der Waals surface area contributed by atoms with Crippen molar-refractivity contribution in [3.05, 3.63) is 35.4 Å². The molecule has 1 unspecified atom stereocenters. The summed E-state index contributed by atoms with van der Waals surface area (Å²) < 4.78 is 0. The molecule has 0 saturated carbocycles. The summed E-state index contributed by atoms with van der Waals surface area (Å²) in [5.41, 5.74) is 1.28. The van der Waals surface area contributed by atoms with Crippen LogP contribution in [0.5, 0.6) is 0 Å². The summed E-state index contributed by atoms with van der Waals surface area (Å²) in [6.45, 7) is 5.04. The molecule has 104 valence electrons. The SMILES string of the molecule is CCCCc1ccc(C(=O)N2CCC(C)(O)C2)cc1. The molecule has 1 heterocycles. The number of aryl methyl sites for hydroxylation is 1. The van der Waals surface area contributed by atoms with Gasteiger partial charge in [0.2, 0.25) is 0 Å². The average Bonchev–Trinajstić information content (AvgIpc) is 2.76. The maximum Gasteiger partial charge on any atom is 0.253 e. The van der Waals surface area contributed by atoms with E-state index in [4.69, 9.17) is 0 Å². The zero-order chi connectivity index (χ0) is 13.9. The third-order valence-electron chi connectivity index (χ3n) is 3.76. The second-order valence-corrected chi connectivity index (χ2v) is 5.77. The van der Waals surface area contributed by atoms with Gasteiger partial charge in [-0.1, -0.05) is 25.5 Å². The Hall–Kier alpha value is -1.35. The summed E-state index contributed by atoms with van der Waals surface area (Å²) >= 11 is 0. The molecule has 2 rings (SSSR count). The van der Waals surface area contributed by atoms with Crippen molar-refractivity contribution in [3.8, 4) is 0 Å². The molecule has 19 heavy (non-hydrogen) atoms. The second-order valence-electron chi connectivity index (χ2n) is 5.77. The topological polar surface area (TPSA) is 40.5 Å². The van der Waals surface area contributed by atoms with E-state index in [2.05, 4.69) is 6.92 Å². The number of hydrogen-bond acceptors (Lipinski definition) is 2. The van der Waals surface area contributed by atoms with Gasteiger partial charge in [-0.05, 0) is 43.9 Å². The first-order valence-electron chi connectivity index (χ1n) is 7.12. The van der Waals surface area contributed by atoms with E-state index in [0.717, 1.165) is 12.0 Å². The molecule has 3 heteroatoms. The van der Waals surface area contributed by atoms with E-state index >= 15 is 0 Å². The third-order valence-corrected chi connectivity index (χ3v) is 3.76. The van der Waals surface area contributed by atoms with Crippen LogP contribution in [-0.2, 0) is 6.42 Å². The minimum atomic E-state index is -0.725. The first kappa shape index (κ1) is 14.1. The molecule has 1 atom stereocenters. The lowest BCUT2D eigenvalue weighted by Crippen LogP contribution is -2.33. The van der Waals surface area contributed by atoms with Crippen molar-refractivity contribution in [2.45, 2.75) is 45.1 Å². The van der Waals surface area contributed by atoms with Gasteiger partial charge in [-0.25, -0.2) is 0 Å². The molecule has 0 aromatic heterocycles. The van der Waals surface area contributed by atoms with Gasteiger partial charge in [0.05, 0.1) is 5.60 Å². The second kappa shape index (κ2) is 5.74. The van der Waals surface area contributed by atoms with Crippen molar-refractivity contribution >= 4 is 5.91 Å². The highest BCUT2D eigenvalue weighted by Gasteiger charge is 2.34. The molecule has 0 radical (unpaired) electrons. The Labute approximate surface area is 115 Å². The molecule has 1 aliphatic rings. The fourth-order valence-corrected chi connectivity index (χ4v) is 2.50. The number of rotatable bonds is 4. The van der Waals surface area contributed by atoms with Gasteiger partial charge in [0, 0.05) is 18.7 Å². The van der Waals surface area contributed by atoms with E-state index in [9.17, 15) is 9.90 Å². The average molecular weight is 261 g/mol. The highest BCUT2D eigenvalue weighted by atomic mass is 16.3. The summed E-state index contributed by atoms with van der Waals surface area (Å²) in [5, 5.41) is 9.91. The van der Waals surface area contributed by atoms with Gasteiger partial charge >= 0.3 is 0 Å². The number of carbonyl (C=O) groups excluding carboxylic acids is 1. The number of unbranched alkanes of at least 4 members (excludes halogenated alkanes) is 1. The van der Waals surface area contributed by atoms with Crippen LogP contribution < -0.4 is 0 Å². The van der Waals surface area contributed by atoms with Crippen molar-refractivity contribution in [2.24, 2.45) is 0 Å². The fraction of sp³-hybridized carbons (Fsp3) is 0.562. The molecule has 0 aliphatic carbocycles. The van der Waals surface area contributed by atoms with Crippen LogP contribution in [0.1, 0.15) is 49.0 Å². The Morgan fingerprint density at radius 2 is 2.05 bits per heavy atom. The quantitative estimate of drug-likeness (QED) is 0.905. The zero-order valence-electron chi connectivity index (χ0n) is 11.9. The summed E-state index contributed by atoms with van der Waals surface area (Å²) in [4.78, 5) is 14.0. The van der Waals surface area contributed by atoms with Crippen LogP contribution in [0, 0.1) is 0 Å². The Morgan fingerprint density at radius 3 is 2.58 bits per heavy atom. The predicted molar refractivity (Wildman–Crippen MR) is 76.2 cm³/mol. The first-order valence-corrected chi connectivity index (χ1v) is 7.12. The number of aliphatic hydroxyl groups is 1. The molecule has 0 bridgehead atoms. The maximum absolute atomic E-state index is 12.3. The van der Waals surface area contributed by atoms with Crippen molar-refractivity contribution in [1.29, 1.82) is 0 Å². The Balaban J connectivity index is 2.00. The van der Waals surface area contributed by atoms with Gasteiger partial charge in [0.1, 0.15) is 0 Å². The lowest BCUT2D eigenvalue weighted by atomic mass is 10.1. The van der Waals surface area contributed by atoms with Gasteiger partial charge in [-0.15, -0.1) is 0 Å². The molecule has 1 aromatic rings. The van der Waals surface area contributed by atoms with Crippen molar-refractivity contribution in [1.82, 2.24) is 4.90 Å². The van der Waals surface area contributed by atoms with E-state index in [0.29, 0.717) is 19.5 Å². The van der Waals surface area contributed by atoms with Gasteiger partial charge in [-0.3, -0.25) is 4.79 Å². The number of nitrogens with zero attached hydrogens (tertiary/aromatic N) is 1. The first-order chi connectivity index (χ1) is 9.02. The Morgan fingerprint density at radius 1 is 1.37 bits per heavy atom. The van der Waals surface area contributed by atoms with Crippen molar-refractivity contribution < 1.29 is 9.90 Å². The molecule has 0 spiro atoms. The highest BCUT2D eigenvalue weighted by Crippen LogP contribution is 2.22. The summed E-state index contributed by atoms with van der Waals surface area (Å²) in [6.07, 6.45) is 4.10. The minimum Gasteiger partial charge on any atom is -0.388 e. The number of likely N-dealkylation sites (tertiary alicyclic amines) is 1. The van der Waals surface area contributed by atoms with Crippen LogP contribution in [0.25, 0.3) is 0 Å². The van der Waals surface area contributed by atoms with Gasteiger partial charge < -0.3 is 10.0 Å². The van der Waals surface area contributed by atoms with E-state index < -0.39 is 5.60 Å². The smallest absolute Gasteiger partial charge is 0.253 e. The highest BCUT2D eigenvalue weighted by molar-refractivity contribution is 5.94. The summed E-state index contributed by atoms with van der Waals surface area (Å²) in [5.74, 6) is 0.0276. The van der Waals surface area contributed by atoms with E-state index in [1.165, 1.54) is 18.4 Å². The van der Waals surface area contributed by atoms with Gasteiger partial charge in [-0.2, -0.15) is 0 Å². The number of amides is 1. The summed E-state index contributed by atoms with van der Waals surface area (Å²) in [7, 11) is 0. The molecule has 1 fully saturated rings. The lowest BCUT2D eigenvalue weighted by Gasteiger charge is -2.19. The number of benzene rings is 1. The van der Waals surface area contributed by atoms with E-state index in [1.807, 2.05) is 24.3 Å². The van der Waals surface area contributed by atoms with E-state index in [-0.39, 0.29) is 5.91 Å². The minimum absolute atomic E-state index is 0.0276. The number of β-amino-alcohol motifs (C(OH)–C–C–N with tert-alkyl or cyclic N) is 1. The maximum atomic E-state index is 12.3. The van der Waals surface area contributed by atoms with Crippen LogP contribution >= 0.6 is 0 Å². The fourth-order valence-electron chi connectivity index (χ4n) is 2.50. The molecular formula is C16H23NO2. The third kappa shape index (κ3) is 3.57. The Bertz CT molecular complexity index is 437. The van der Waals surface area contributed by atoms with E-state index in [1.54, 1.807) is 11.8 Å². The molecule has 1 amide bonds. The Kier molecular flexibility index (Phi) is 4.25. The molecular weight excluding hydrogens is 238 g/mol. The standard InChI is InChI=1S/C16H23NO2/c1-3-4-5-13-6-8-14(9-7-13)15(18)17-11-10-16(2,19)12-17/h6-9,19H,3-5,10-12H2,1-2H3. The van der Waals surface area contributed by atoms with Gasteiger partial charge in [0.25, 0.3) is 5.91 Å². The molecule has 1 aromatic carbocycles. The van der Waals surface area contributed by atoms with Crippen LogP contribution in [0.4, 0.5) is 0 Å². The summed E-state index contributed by atoms with van der Waals surface area (Å²) in [6, 6.07) is 7.88. The molecule has 1 N–H and O–H groups in total. The lowest BCUT2D eigenvalue weighted by molar-refractivity contribution is 0.0572. The van der Waals surface area contributed by atoms with Crippen LogP contribution in [0.2, 0.25) is 0 Å². The molecule has 3 nitrogen and oxygen atoms in total. The largest absolute Gasteiger partial charge is 0.388 e. The van der Waals surface area contributed by atoms with Crippen LogP contribution in [0.3, 0.4) is 0 Å².